The van der Waals surface area contributed by atoms with E-state index in [-0.39, 0.29) is 17.9 Å². The number of hydrazone groups is 1. The van der Waals surface area contributed by atoms with Crippen molar-refractivity contribution in [3.8, 4) is 17.2 Å². The van der Waals surface area contributed by atoms with E-state index in [2.05, 4.69) is 31.8 Å². The van der Waals surface area contributed by atoms with E-state index in [1.54, 1.807) is 54.6 Å². The zero-order chi connectivity index (χ0) is 26.1. The summed E-state index contributed by atoms with van der Waals surface area (Å²) in [4.78, 5) is 36.9. The molecule has 0 saturated heterocycles. The van der Waals surface area contributed by atoms with E-state index >= 15 is 0 Å². The molecule has 3 rings (SSSR count). The molecule has 0 aliphatic carbocycles. The molecule has 0 heterocycles. The Kier molecular flexibility index (Phi) is 9.43. The number of methoxy groups -OCH3 is 2. The van der Waals surface area contributed by atoms with Crippen molar-refractivity contribution in [2.24, 2.45) is 5.10 Å². The van der Waals surface area contributed by atoms with Gasteiger partial charge >= 0.3 is 5.97 Å². The third-order valence-corrected chi connectivity index (χ3v) is 5.45. The number of esters is 1. The lowest BCUT2D eigenvalue weighted by atomic mass is 10.2. The summed E-state index contributed by atoms with van der Waals surface area (Å²) in [6, 6.07) is 15.8. The molecule has 0 unspecified atom stereocenters. The van der Waals surface area contributed by atoms with Crippen molar-refractivity contribution >= 4 is 51.5 Å². The van der Waals surface area contributed by atoms with Gasteiger partial charge in [0, 0.05) is 20.6 Å². The fraction of sp³-hybridized carbons (Fsp3) is 0.120. The molecule has 186 valence electrons. The average molecular weight is 575 g/mol. The maximum atomic E-state index is 12.7. The monoisotopic (exact) mass is 573 g/mol. The van der Waals surface area contributed by atoms with Gasteiger partial charge in [0.1, 0.15) is 5.75 Å². The molecule has 2 amide bonds. The molecular weight excluding hydrogens is 554 g/mol. The highest BCUT2D eigenvalue weighted by Crippen LogP contribution is 2.29. The van der Waals surface area contributed by atoms with E-state index in [0.29, 0.717) is 32.1 Å². The molecule has 0 aliphatic rings. The Morgan fingerprint density at radius 3 is 2.28 bits per heavy atom. The number of nitrogens with one attached hydrogen (secondary N) is 2. The quantitative estimate of drug-likeness (QED) is 0.171. The molecule has 9 nitrogen and oxygen atoms in total. The highest BCUT2D eigenvalue weighted by molar-refractivity contribution is 9.10. The Balaban J connectivity index is 1.62. The molecule has 3 aromatic carbocycles. The van der Waals surface area contributed by atoms with Crippen LogP contribution in [0.5, 0.6) is 17.2 Å². The van der Waals surface area contributed by atoms with Crippen LogP contribution in [-0.4, -0.2) is 44.8 Å². The third-order valence-electron chi connectivity index (χ3n) is 4.70. The van der Waals surface area contributed by atoms with Gasteiger partial charge in [-0.25, -0.2) is 10.2 Å². The van der Waals surface area contributed by atoms with Gasteiger partial charge in [-0.3, -0.25) is 9.59 Å². The molecule has 11 heteroatoms. The van der Waals surface area contributed by atoms with Crippen LogP contribution in [0.1, 0.15) is 26.3 Å². The van der Waals surface area contributed by atoms with Crippen molar-refractivity contribution in [2.75, 3.05) is 20.8 Å². The average Bonchev–Trinajstić information content (AvgIpc) is 2.88. The van der Waals surface area contributed by atoms with E-state index in [1.165, 1.54) is 26.5 Å². The Hall–Kier alpha value is -3.89. The summed E-state index contributed by atoms with van der Waals surface area (Å²) in [5.41, 5.74) is 3.35. The number of ether oxygens (including phenoxy) is 3. The maximum Gasteiger partial charge on any atom is 0.343 e. The van der Waals surface area contributed by atoms with Crippen LogP contribution in [-0.2, 0) is 4.79 Å². The zero-order valence-electron chi connectivity index (χ0n) is 19.2. The van der Waals surface area contributed by atoms with Crippen molar-refractivity contribution in [3.63, 3.8) is 0 Å². The molecule has 0 fully saturated rings. The van der Waals surface area contributed by atoms with Gasteiger partial charge < -0.3 is 19.5 Å². The summed E-state index contributed by atoms with van der Waals surface area (Å²) in [6.07, 6.45) is 1.32. The molecule has 3 aromatic rings. The number of nitrogens with zero attached hydrogens (tertiary/aromatic N) is 1. The smallest absolute Gasteiger partial charge is 0.343 e. The van der Waals surface area contributed by atoms with Gasteiger partial charge in [-0.15, -0.1) is 0 Å². The summed E-state index contributed by atoms with van der Waals surface area (Å²) in [5, 5.41) is 6.88. The fourth-order valence-electron chi connectivity index (χ4n) is 2.91. The predicted molar refractivity (Wildman–Crippen MR) is 138 cm³/mol. The zero-order valence-corrected chi connectivity index (χ0v) is 21.6. The highest BCUT2D eigenvalue weighted by Gasteiger charge is 2.15. The van der Waals surface area contributed by atoms with E-state index in [1.807, 2.05) is 0 Å². The summed E-state index contributed by atoms with van der Waals surface area (Å²) >= 11 is 9.16. The molecule has 0 spiro atoms. The standard InChI is InChI=1S/C25H21BrClN3O6/c1-34-21-9-5-16(12-22(21)35-2)25(33)36-20-10-6-18(26)11-17(20)13-29-30-23(31)14-28-24(32)15-3-7-19(27)8-4-15/h3-13H,14H2,1-2H3,(H,28,32)(H,30,31). The van der Waals surface area contributed by atoms with Gasteiger partial charge in [-0.05, 0) is 60.7 Å². The van der Waals surface area contributed by atoms with Crippen LogP contribution >= 0.6 is 27.5 Å². The molecule has 36 heavy (non-hydrogen) atoms. The van der Waals surface area contributed by atoms with Crippen LogP contribution in [0.2, 0.25) is 5.02 Å². The first-order chi connectivity index (χ1) is 17.3. The van der Waals surface area contributed by atoms with Gasteiger partial charge in [0.05, 0.1) is 32.5 Å². The van der Waals surface area contributed by atoms with E-state index in [0.717, 1.165) is 0 Å². The van der Waals surface area contributed by atoms with Crippen molar-refractivity contribution in [3.05, 3.63) is 86.8 Å². The van der Waals surface area contributed by atoms with Gasteiger partial charge in [0.25, 0.3) is 11.8 Å². The second kappa shape index (κ2) is 12.7. The fourth-order valence-corrected chi connectivity index (χ4v) is 3.42. The molecule has 0 aliphatic heterocycles. The van der Waals surface area contributed by atoms with Crippen LogP contribution in [0.25, 0.3) is 0 Å². The lowest BCUT2D eigenvalue weighted by Crippen LogP contribution is -2.34. The maximum absolute atomic E-state index is 12.7. The molecule has 0 saturated carbocycles. The Labute approximate surface area is 220 Å². The second-order valence-corrected chi connectivity index (χ2v) is 8.48. The number of benzene rings is 3. The number of halogens is 2. The third kappa shape index (κ3) is 7.30. The van der Waals surface area contributed by atoms with E-state index in [9.17, 15) is 14.4 Å². The molecule has 0 aromatic heterocycles. The number of amides is 2. The Bertz CT molecular complexity index is 1300. The number of hydrogen-bond acceptors (Lipinski definition) is 7. The minimum absolute atomic E-state index is 0.215. The minimum Gasteiger partial charge on any atom is -0.493 e. The summed E-state index contributed by atoms with van der Waals surface area (Å²) in [6.45, 7) is -0.293. The Morgan fingerprint density at radius 2 is 1.58 bits per heavy atom. The number of carbonyl (C=O) groups is 3. The van der Waals surface area contributed by atoms with Crippen LogP contribution in [0.3, 0.4) is 0 Å². The van der Waals surface area contributed by atoms with Crippen molar-refractivity contribution in [2.45, 2.75) is 0 Å². The van der Waals surface area contributed by atoms with Gasteiger partial charge in [-0.1, -0.05) is 27.5 Å². The Morgan fingerprint density at radius 1 is 0.917 bits per heavy atom. The molecule has 0 radical (unpaired) electrons. The van der Waals surface area contributed by atoms with Gasteiger partial charge in [0.2, 0.25) is 0 Å². The molecule has 2 N–H and O–H groups in total. The highest BCUT2D eigenvalue weighted by atomic mass is 79.9. The van der Waals surface area contributed by atoms with Crippen LogP contribution in [0.15, 0.2) is 70.2 Å². The van der Waals surface area contributed by atoms with Gasteiger partial charge in [0.15, 0.2) is 11.5 Å². The summed E-state index contributed by atoms with van der Waals surface area (Å²) < 4.78 is 16.6. The molecule has 0 bridgehead atoms. The molecular formula is C25H21BrClN3O6. The van der Waals surface area contributed by atoms with Crippen LogP contribution in [0, 0.1) is 0 Å². The second-order valence-electron chi connectivity index (χ2n) is 7.12. The van der Waals surface area contributed by atoms with Gasteiger partial charge in [-0.2, -0.15) is 5.10 Å². The lowest BCUT2D eigenvalue weighted by Gasteiger charge is -2.11. The number of hydrogen-bond donors (Lipinski definition) is 2. The minimum atomic E-state index is -0.623. The van der Waals surface area contributed by atoms with Crippen molar-refractivity contribution < 1.29 is 28.6 Å². The summed E-state index contributed by atoms with van der Waals surface area (Å²) in [7, 11) is 2.96. The lowest BCUT2D eigenvalue weighted by molar-refractivity contribution is -0.120. The van der Waals surface area contributed by atoms with E-state index in [4.69, 9.17) is 25.8 Å². The summed E-state index contributed by atoms with van der Waals surface area (Å²) in [5.74, 6) is -0.524. The number of carbonyl (C=O) groups excluding carboxylic acids is 3. The normalized spacial score (nSPS) is 10.6. The van der Waals surface area contributed by atoms with Crippen LogP contribution < -0.4 is 25.0 Å². The largest absolute Gasteiger partial charge is 0.493 e. The predicted octanol–water partition coefficient (Wildman–Crippen LogP) is 4.22. The SMILES string of the molecule is COc1ccc(C(=O)Oc2ccc(Br)cc2C=NNC(=O)CNC(=O)c2ccc(Cl)cc2)cc1OC. The molecule has 0 atom stereocenters. The van der Waals surface area contributed by atoms with E-state index < -0.39 is 17.8 Å². The van der Waals surface area contributed by atoms with Crippen LogP contribution in [0.4, 0.5) is 0 Å². The first kappa shape index (κ1) is 26.7. The first-order valence-corrected chi connectivity index (χ1v) is 11.6. The first-order valence-electron chi connectivity index (χ1n) is 10.4. The van der Waals surface area contributed by atoms with Crippen molar-refractivity contribution in [1.29, 1.82) is 0 Å². The number of rotatable bonds is 9. The topological polar surface area (TPSA) is 115 Å². The van der Waals surface area contributed by atoms with Crippen molar-refractivity contribution in [1.82, 2.24) is 10.7 Å².